The van der Waals surface area contributed by atoms with Crippen LogP contribution in [0.2, 0.25) is 0 Å². The molecular formula is C13H15NOS. The van der Waals surface area contributed by atoms with Gasteiger partial charge < -0.3 is 5.11 Å². The lowest BCUT2D eigenvalue weighted by atomic mass is 10.1. The molecular weight excluding hydrogens is 218 g/mol. The van der Waals surface area contributed by atoms with Crippen LogP contribution in [-0.4, -0.2) is 16.7 Å². The van der Waals surface area contributed by atoms with Gasteiger partial charge in [0.25, 0.3) is 0 Å². The van der Waals surface area contributed by atoms with Crippen LogP contribution in [0.15, 0.2) is 35.8 Å². The molecule has 1 N–H and O–H groups in total. The van der Waals surface area contributed by atoms with Gasteiger partial charge >= 0.3 is 0 Å². The van der Waals surface area contributed by atoms with Gasteiger partial charge in [-0.25, -0.2) is 4.98 Å². The molecule has 84 valence electrons. The zero-order valence-corrected chi connectivity index (χ0v) is 9.91. The third-order valence-electron chi connectivity index (χ3n) is 2.51. The number of nitrogens with zero attached hydrogens (tertiary/aromatic N) is 1. The van der Waals surface area contributed by atoms with Crippen molar-refractivity contribution >= 4 is 11.3 Å². The lowest BCUT2D eigenvalue weighted by Crippen LogP contribution is -1.88. The summed E-state index contributed by atoms with van der Waals surface area (Å²) in [7, 11) is 0. The average molecular weight is 233 g/mol. The van der Waals surface area contributed by atoms with E-state index in [9.17, 15) is 0 Å². The second kappa shape index (κ2) is 5.77. The fourth-order valence-corrected chi connectivity index (χ4v) is 2.27. The molecule has 0 atom stereocenters. The highest BCUT2D eigenvalue weighted by atomic mass is 32.1. The highest BCUT2D eigenvalue weighted by Crippen LogP contribution is 2.22. The number of aromatic nitrogens is 1. The summed E-state index contributed by atoms with van der Waals surface area (Å²) in [4.78, 5) is 4.28. The van der Waals surface area contributed by atoms with Crippen molar-refractivity contribution in [3.8, 4) is 10.6 Å². The highest BCUT2D eigenvalue weighted by Gasteiger charge is 2.00. The first-order valence-corrected chi connectivity index (χ1v) is 6.38. The third kappa shape index (κ3) is 2.90. The molecule has 0 saturated carbocycles. The summed E-state index contributed by atoms with van der Waals surface area (Å²) in [6.07, 6.45) is 4.80. The van der Waals surface area contributed by atoms with Crippen LogP contribution in [0.25, 0.3) is 10.6 Å². The molecule has 2 aromatic rings. The van der Waals surface area contributed by atoms with Gasteiger partial charge in [-0.3, -0.25) is 0 Å². The molecule has 0 saturated heterocycles. The first-order chi connectivity index (χ1) is 7.90. The maximum Gasteiger partial charge on any atom is 0.123 e. The Morgan fingerprint density at radius 1 is 1.12 bits per heavy atom. The van der Waals surface area contributed by atoms with Crippen LogP contribution < -0.4 is 0 Å². The van der Waals surface area contributed by atoms with Gasteiger partial charge in [0, 0.05) is 23.7 Å². The summed E-state index contributed by atoms with van der Waals surface area (Å²) < 4.78 is 0. The van der Waals surface area contributed by atoms with E-state index < -0.39 is 0 Å². The molecule has 1 aromatic carbocycles. The molecule has 1 aromatic heterocycles. The number of benzene rings is 1. The van der Waals surface area contributed by atoms with Crippen molar-refractivity contribution in [3.63, 3.8) is 0 Å². The Hall–Kier alpha value is -1.19. The van der Waals surface area contributed by atoms with Crippen molar-refractivity contribution in [1.29, 1.82) is 0 Å². The molecule has 0 radical (unpaired) electrons. The molecule has 0 fully saturated rings. The maximum absolute atomic E-state index is 8.71. The number of unbranched alkanes of at least 4 members (excludes halogenated alkanes) is 1. The number of thiazole rings is 1. The molecule has 0 amide bonds. The van der Waals surface area contributed by atoms with Gasteiger partial charge in [-0.05, 0) is 24.8 Å². The second-order valence-corrected chi connectivity index (χ2v) is 4.61. The van der Waals surface area contributed by atoms with E-state index in [-0.39, 0.29) is 6.61 Å². The van der Waals surface area contributed by atoms with Crippen molar-refractivity contribution in [2.45, 2.75) is 19.3 Å². The Bertz CT molecular complexity index is 408. The minimum Gasteiger partial charge on any atom is -0.396 e. The van der Waals surface area contributed by atoms with Gasteiger partial charge in [-0.15, -0.1) is 11.3 Å². The molecule has 0 aliphatic heterocycles. The quantitative estimate of drug-likeness (QED) is 0.805. The Labute approximate surface area is 99.6 Å². The van der Waals surface area contributed by atoms with Crippen molar-refractivity contribution < 1.29 is 5.11 Å². The van der Waals surface area contributed by atoms with E-state index in [0.29, 0.717) is 0 Å². The Balaban J connectivity index is 2.00. The minimum atomic E-state index is 0.289. The average Bonchev–Trinajstić information content (AvgIpc) is 2.84. The summed E-state index contributed by atoms with van der Waals surface area (Å²) in [6, 6.07) is 8.53. The number of hydrogen-bond donors (Lipinski definition) is 1. The molecule has 1 heterocycles. The molecule has 0 spiro atoms. The molecule has 2 nitrogen and oxygen atoms in total. The van der Waals surface area contributed by atoms with Crippen LogP contribution in [0.3, 0.4) is 0 Å². The largest absolute Gasteiger partial charge is 0.396 e. The van der Waals surface area contributed by atoms with Crippen molar-refractivity contribution in [2.75, 3.05) is 6.61 Å². The molecule has 0 unspecified atom stereocenters. The van der Waals surface area contributed by atoms with E-state index in [1.807, 2.05) is 11.6 Å². The molecule has 0 aliphatic carbocycles. The van der Waals surface area contributed by atoms with E-state index >= 15 is 0 Å². The fourth-order valence-electron chi connectivity index (χ4n) is 1.62. The van der Waals surface area contributed by atoms with E-state index in [2.05, 4.69) is 29.2 Å². The number of aryl methyl sites for hydroxylation is 1. The summed E-state index contributed by atoms with van der Waals surface area (Å²) in [5.74, 6) is 0. The van der Waals surface area contributed by atoms with Gasteiger partial charge in [-0.2, -0.15) is 0 Å². The smallest absolute Gasteiger partial charge is 0.123 e. The zero-order chi connectivity index (χ0) is 11.2. The first kappa shape index (κ1) is 11.3. The highest BCUT2D eigenvalue weighted by molar-refractivity contribution is 7.13. The lowest BCUT2D eigenvalue weighted by Gasteiger charge is -2.01. The summed E-state index contributed by atoms with van der Waals surface area (Å²) >= 11 is 1.66. The molecule has 2 rings (SSSR count). The Morgan fingerprint density at radius 3 is 2.56 bits per heavy atom. The number of rotatable bonds is 5. The number of aliphatic hydroxyl groups is 1. The normalized spacial score (nSPS) is 10.6. The maximum atomic E-state index is 8.71. The lowest BCUT2D eigenvalue weighted by molar-refractivity contribution is 0.284. The van der Waals surface area contributed by atoms with Crippen LogP contribution in [0, 0.1) is 0 Å². The monoisotopic (exact) mass is 233 g/mol. The van der Waals surface area contributed by atoms with Crippen LogP contribution >= 0.6 is 11.3 Å². The fraction of sp³-hybridized carbons (Fsp3) is 0.308. The van der Waals surface area contributed by atoms with E-state index in [1.165, 1.54) is 11.1 Å². The summed E-state index contributed by atoms with van der Waals surface area (Å²) in [5, 5.41) is 11.8. The van der Waals surface area contributed by atoms with Crippen LogP contribution in [0.1, 0.15) is 18.4 Å². The van der Waals surface area contributed by atoms with Crippen LogP contribution in [-0.2, 0) is 6.42 Å². The predicted octanol–water partition coefficient (Wildman–Crippen LogP) is 3.13. The van der Waals surface area contributed by atoms with Crippen molar-refractivity contribution in [1.82, 2.24) is 4.98 Å². The molecule has 3 heteroatoms. The SMILES string of the molecule is OCCCCc1ccc(-c2nccs2)cc1. The first-order valence-electron chi connectivity index (χ1n) is 5.50. The van der Waals surface area contributed by atoms with Crippen LogP contribution in [0.5, 0.6) is 0 Å². The van der Waals surface area contributed by atoms with Gasteiger partial charge in [0.05, 0.1) is 0 Å². The number of hydrogen-bond acceptors (Lipinski definition) is 3. The summed E-state index contributed by atoms with van der Waals surface area (Å²) in [6.45, 7) is 0.289. The summed E-state index contributed by atoms with van der Waals surface area (Å²) in [5.41, 5.74) is 2.51. The topological polar surface area (TPSA) is 33.1 Å². The number of aliphatic hydroxyl groups excluding tert-OH is 1. The Morgan fingerprint density at radius 2 is 1.94 bits per heavy atom. The van der Waals surface area contributed by atoms with Gasteiger partial charge in [0.15, 0.2) is 0 Å². The second-order valence-electron chi connectivity index (χ2n) is 3.71. The van der Waals surface area contributed by atoms with Gasteiger partial charge in [-0.1, -0.05) is 24.3 Å². The third-order valence-corrected chi connectivity index (χ3v) is 3.33. The van der Waals surface area contributed by atoms with Gasteiger partial charge in [0.2, 0.25) is 0 Å². The zero-order valence-electron chi connectivity index (χ0n) is 9.10. The van der Waals surface area contributed by atoms with Crippen LogP contribution in [0.4, 0.5) is 0 Å². The van der Waals surface area contributed by atoms with Crippen molar-refractivity contribution in [2.24, 2.45) is 0 Å². The van der Waals surface area contributed by atoms with Crippen molar-refractivity contribution in [3.05, 3.63) is 41.4 Å². The van der Waals surface area contributed by atoms with E-state index in [0.717, 1.165) is 24.3 Å². The standard InChI is InChI=1S/C13H15NOS/c15-9-2-1-3-11-4-6-12(7-5-11)13-14-8-10-16-13/h4-8,10,15H,1-3,9H2. The van der Waals surface area contributed by atoms with E-state index in [1.54, 1.807) is 11.3 Å². The molecule has 0 bridgehead atoms. The van der Waals surface area contributed by atoms with E-state index in [4.69, 9.17) is 5.11 Å². The minimum absolute atomic E-state index is 0.289. The predicted molar refractivity (Wildman–Crippen MR) is 67.6 cm³/mol. The molecule has 0 aliphatic rings. The molecule has 16 heavy (non-hydrogen) atoms. The Kier molecular flexibility index (Phi) is 4.08. The van der Waals surface area contributed by atoms with Gasteiger partial charge in [0.1, 0.15) is 5.01 Å².